The summed E-state index contributed by atoms with van der Waals surface area (Å²) in [5.41, 5.74) is 0.732. The van der Waals surface area contributed by atoms with Crippen molar-refractivity contribution < 1.29 is 19.0 Å². The van der Waals surface area contributed by atoms with Gasteiger partial charge >= 0.3 is 5.97 Å². The maximum atomic E-state index is 11.1. The van der Waals surface area contributed by atoms with Gasteiger partial charge in [0, 0.05) is 11.6 Å². The second-order valence-corrected chi connectivity index (χ2v) is 3.38. The van der Waals surface area contributed by atoms with Crippen molar-refractivity contribution in [3.8, 4) is 23.3 Å². The second kappa shape index (κ2) is 7.23. The van der Waals surface area contributed by atoms with Crippen LogP contribution in [0.25, 0.3) is 0 Å². The van der Waals surface area contributed by atoms with Crippen molar-refractivity contribution in [3.05, 3.63) is 23.8 Å². The molecule has 96 valence electrons. The molecule has 0 aliphatic carbocycles. The van der Waals surface area contributed by atoms with Gasteiger partial charge in [-0.1, -0.05) is 11.8 Å². The summed E-state index contributed by atoms with van der Waals surface area (Å²) in [6.45, 7) is 2.13. The summed E-state index contributed by atoms with van der Waals surface area (Å²) < 4.78 is 15.0. The van der Waals surface area contributed by atoms with E-state index in [1.54, 1.807) is 39.3 Å². The van der Waals surface area contributed by atoms with Crippen LogP contribution in [0.4, 0.5) is 0 Å². The minimum Gasteiger partial charge on any atom is -0.497 e. The SMILES string of the molecule is CCOC(=O)CC#Cc1cc(OC)cc(OC)c1. The fourth-order valence-corrected chi connectivity index (χ4v) is 1.31. The van der Waals surface area contributed by atoms with E-state index in [0.717, 1.165) is 5.56 Å². The van der Waals surface area contributed by atoms with Crippen molar-refractivity contribution in [2.45, 2.75) is 13.3 Å². The Balaban J connectivity index is 2.77. The first kappa shape index (κ1) is 13.9. The maximum absolute atomic E-state index is 11.1. The molecule has 0 bridgehead atoms. The average Bonchev–Trinajstić information content (AvgIpc) is 2.38. The first-order chi connectivity index (χ1) is 8.69. The second-order valence-electron chi connectivity index (χ2n) is 3.38. The Hall–Kier alpha value is -2.15. The molecule has 0 heterocycles. The fraction of sp³-hybridized carbons (Fsp3) is 0.357. The van der Waals surface area contributed by atoms with Crippen LogP contribution < -0.4 is 9.47 Å². The van der Waals surface area contributed by atoms with Gasteiger partial charge in [0.15, 0.2) is 0 Å². The summed E-state index contributed by atoms with van der Waals surface area (Å²) in [6, 6.07) is 5.32. The van der Waals surface area contributed by atoms with Gasteiger partial charge in [0.1, 0.15) is 17.9 Å². The Morgan fingerprint density at radius 1 is 1.17 bits per heavy atom. The molecular weight excluding hydrogens is 232 g/mol. The Kier molecular flexibility index (Phi) is 5.59. The van der Waals surface area contributed by atoms with E-state index in [-0.39, 0.29) is 12.4 Å². The van der Waals surface area contributed by atoms with Gasteiger partial charge in [-0.05, 0) is 19.1 Å². The molecule has 0 spiro atoms. The number of methoxy groups -OCH3 is 2. The lowest BCUT2D eigenvalue weighted by Crippen LogP contribution is -2.01. The summed E-state index contributed by atoms with van der Waals surface area (Å²) in [7, 11) is 3.15. The summed E-state index contributed by atoms with van der Waals surface area (Å²) >= 11 is 0. The highest BCUT2D eigenvalue weighted by Crippen LogP contribution is 2.21. The zero-order chi connectivity index (χ0) is 13.4. The molecule has 0 aromatic heterocycles. The molecule has 1 aromatic rings. The molecule has 0 aliphatic rings. The van der Waals surface area contributed by atoms with Crippen molar-refractivity contribution >= 4 is 5.97 Å². The molecule has 0 unspecified atom stereocenters. The average molecular weight is 248 g/mol. The lowest BCUT2D eigenvalue weighted by atomic mass is 10.2. The number of rotatable bonds is 4. The molecule has 0 N–H and O–H groups in total. The predicted octanol–water partition coefficient (Wildman–Crippen LogP) is 2.01. The lowest BCUT2D eigenvalue weighted by Gasteiger charge is -2.04. The van der Waals surface area contributed by atoms with Crippen LogP contribution in [0, 0.1) is 11.8 Å². The third-order valence-electron chi connectivity index (χ3n) is 2.12. The maximum Gasteiger partial charge on any atom is 0.317 e. The van der Waals surface area contributed by atoms with Crippen LogP contribution in [-0.4, -0.2) is 26.8 Å². The molecule has 0 saturated heterocycles. The standard InChI is InChI=1S/C14H16O4/c1-4-18-14(15)7-5-6-11-8-12(16-2)10-13(9-11)17-3/h8-10H,4,7H2,1-3H3. The molecule has 4 nitrogen and oxygen atoms in total. The monoisotopic (exact) mass is 248 g/mol. The predicted molar refractivity (Wildman–Crippen MR) is 67.7 cm³/mol. The first-order valence-corrected chi connectivity index (χ1v) is 5.57. The van der Waals surface area contributed by atoms with E-state index in [1.165, 1.54) is 0 Å². The minimum atomic E-state index is -0.320. The van der Waals surface area contributed by atoms with Gasteiger partial charge in [0.2, 0.25) is 0 Å². The first-order valence-electron chi connectivity index (χ1n) is 5.57. The van der Waals surface area contributed by atoms with E-state index in [4.69, 9.17) is 14.2 Å². The van der Waals surface area contributed by atoms with Crippen molar-refractivity contribution in [1.82, 2.24) is 0 Å². The quantitative estimate of drug-likeness (QED) is 0.604. The summed E-state index contributed by atoms with van der Waals surface area (Å²) in [4.78, 5) is 11.1. The summed E-state index contributed by atoms with van der Waals surface area (Å²) in [6.07, 6.45) is 0.0768. The van der Waals surface area contributed by atoms with Crippen LogP contribution in [-0.2, 0) is 9.53 Å². The zero-order valence-corrected chi connectivity index (χ0v) is 10.8. The van der Waals surface area contributed by atoms with Gasteiger partial charge in [-0.3, -0.25) is 4.79 Å². The number of hydrogen-bond donors (Lipinski definition) is 0. The molecule has 0 radical (unpaired) electrons. The Labute approximate surface area is 107 Å². The smallest absolute Gasteiger partial charge is 0.317 e. The molecule has 1 aromatic carbocycles. The summed E-state index contributed by atoms with van der Waals surface area (Å²) in [5.74, 6) is 6.63. The van der Waals surface area contributed by atoms with Crippen LogP contribution in [0.15, 0.2) is 18.2 Å². The van der Waals surface area contributed by atoms with E-state index < -0.39 is 0 Å². The number of carbonyl (C=O) groups is 1. The normalized spacial score (nSPS) is 9.06. The number of benzene rings is 1. The molecule has 1 rings (SSSR count). The topological polar surface area (TPSA) is 44.8 Å². The minimum absolute atomic E-state index is 0.0768. The molecule has 0 fully saturated rings. The third-order valence-corrected chi connectivity index (χ3v) is 2.12. The van der Waals surface area contributed by atoms with Crippen molar-refractivity contribution in [2.24, 2.45) is 0 Å². The van der Waals surface area contributed by atoms with Crippen molar-refractivity contribution in [2.75, 3.05) is 20.8 Å². The molecule has 0 aliphatic heterocycles. The van der Waals surface area contributed by atoms with Crippen LogP contribution >= 0.6 is 0 Å². The van der Waals surface area contributed by atoms with Gasteiger partial charge in [-0.25, -0.2) is 0 Å². The van der Waals surface area contributed by atoms with Gasteiger partial charge in [0.25, 0.3) is 0 Å². The Bertz CT molecular complexity index is 446. The van der Waals surface area contributed by atoms with Gasteiger partial charge in [-0.2, -0.15) is 0 Å². The van der Waals surface area contributed by atoms with E-state index in [1.807, 2.05) is 0 Å². The lowest BCUT2D eigenvalue weighted by molar-refractivity contribution is -0.141. The van der Waals surface area contributed by atoms with E-state index >= 15 is 0 Å². The number of esters is 1. The highest BCUT2D eigenvalue weighted by atomic mass is 16.5. The zero-order valence-electron chi connectivity index (χ0n) is 10.8. The van der Waals surface area contributed by atoms with Crippen LogP contribution in [0.1, 0.15) is 18.9 Å². The van der Waals surface area contributed by atoms with Gasteiger partial charge in [0.05, 0.1) is 20.8 Å². The van der Waals surface area contributed by atoms with E-state index in [9.17, 15) is 4.79 Å². The third kappa shape index (κ3) is 4.38. The van der Waals surface area contributed by atoms with Gasteiger partial charge < -0.3 is 14.2 Å². The molecule has 0 amide bonds. The van der Waals surface area contributed by atoms with Crippen molar-refractivity contribution in [3.63, 3.8) is 0 Å². The molecule has 0 saturated carbocycles. The van der Waals surface area contributed by atoms with Gasteiger partial charge in [-0.15, -0.1) is 0 Å². The largest absolute Gasteiger partial charge is 0.497 e. The molecule has 4 heteroatoms. The fourth-order valence-electron chi connectivity index (χ4n) is 1.31. The van der Waals surface area contributed by atoms with Crippen LogP contribution in [0.2, 0.25) is 0 Å². The van der Waals surface area contributed by atoms with Crippen molar-refractivity contribution in [1.29, 1.82) is 0 Å². The highest BCUT2D eigenvalue weighted by molar-refractivity contribution is 5.72. The molecule has 18 heavy (non-hydrogen) atoms. The number of carbonyl (C=O) groups excluding carboxylic acids is 1. The summed E-state index contributed by atoms with van der Waals surface area (Å²) in [5, 5.41) is 0. The van der Waals surface area contributed by atoms with E-state index in [2.05, 4.69) is 11.8 Å². The Morgan fingerprint density at radius 3 is 2.28 bits per heavy atom. The van der Waals surface area contributed by atoms with E-state index in [0.29, 0.717) is 18.1 Å². The van der Waals surface area contributed by atoms with Crippen LogP contribution in [0.5, 0.6) is 11.5 Å². The highest BCUT2D eigenvalue weighted by Gasteiger charge is 2.00. The molecular formula is C14H16O4. The Morgan fingerprint density at radius 2 is 1.78 bits per heavy atom. The number of hydrogen-bond acceptors (Lipinski definition) is 4. The molecule has 0 atom stereocenters. The number of ether oxygens (including phenoxy) is 3. The van der Waals surface area contributed by atoms with Crippen LogP contribution in [0.3, 0.4) is 0 Å².